The zero-order chi connectivity index (χ0) is 27.1. The average molecular weight is 524 g/mol. The van der Waals surface area contributed by atoms with Crippen LogP contribution in [0.3, 0.4) is 0 Å². The van der Waals surface area contributed by atoms with E-state index in [1.807, 2.05) is 49.4 Å². The van der Waals surface area contributed by atoms with Gasteiger partial charge in [-0.05, 0) is 79.6 Å². The molecule has 1 aliphatic heterocycles. The summed E-state index contributed by atoms with van der Waals surface area (Å²) < 4.78 is 11.3. The number of amides is 1. The number of rotatable bonds is 6. The molecule has 6 rings (SSSR count). The molecule has 1 aliphatic carbocycles. The highest BCUT2D eigenvalue weighted by atomic mass is 16.5. The molecule has 1 aromatic heterocycles. The van der Waals surface area contributed by atoms with Crippen LogP contribution in [0.5, 0.6) is 11.5 Å². The van der Waals surface area contributed by atoms with Gasteiger partial charge in [0.05, 0.1) is 36.4 Å². The molecule has 3 aromatic carbocycles. The second kappa shape index (κ2) is 9.94. The molecule has 2 N–H and O–H groups in total. The van der Waals surface area contributed by atoms with Gasteiger partial charge < -0.3 is 19.6 Å². The van der Waals surface area contributed by atoms with E-state index in [9.17, 15) is 14.7 Å². The molecule has 2 aliphatic rings. The first-order valence-electron chi connectivity index (χ1n) is 13.2. The van der Waals surface area contributed by atoms with Crippen LogP contribution in [0.25, 0.3) is 16.8 Å². The van der Waals surface area contributed by atoms with Gasteiger partial charge in [-0.15, -0.1) is 0 Å². The molecule has 8 heteroatoms. The summed E-state index contributed by atoms with van der Waals surface area (Å²) >= 11 is 0. The summed E-state index contributed by atoms with van der Waals surface area (Å²) in [5.41, 5.74) is 4.91. The third-order valence-corrected chi connectivity index (χ3v) is 7.47. The number of carbonyl (C=O) groups is 2. The number of ether oxygens (including phenoxy) is 2. The van der Waals surface area contributed by atoms with Crippen LogP contribution in [-0.4, -0.2) is 40.5 Å². The van der Waals surface area contributed by atoms with E-state index in [2.05, 4.69) is 9.97 Å². The second-order valence-corrected chi connectivity index (χ2v) is 9.78. The largest absolute Gasteiger partial charge is 0.507 e. The van der Waals surface area contributed by atoms with E-state index in [4.69, 9.17) is 9.47 Å². The number of aromatic nitrogens is 2. The van der Waals surface area contributed by atoms with Gasteiger partial charge in [0.1, 0.15) is 5.76 Å². The highest BCUT2D eigenvalue weighted by molar-refractivity contribution is 6.51. The number of anilines is 1. The quantitative estimate of drug-likeness (QED) is 0.197. The minimum absolute atomic E-state index is 0.00355. The van der Waals surface area contributed by atoms with E-state index in [0.29, 0.717) is 34.7 Å². The normalized spacial score (nSPS) is 18.4. The first-order valence-corrected chi connectivity index (χ1v) is 13.2. The highest BCUT2D eigenvalue weighted by Crippen LogP contribution is 2.44. The summed E-state index contributed by atoms with van der Waals surface area (Å²) in [6, 6.07) is 17.5. The number of aromatic amines is 1. The molecular weight excluding hydrogens is 494 g/mol. The number of hydrogen-bond acceptors (Lipinski definition) is 6. The van der Waals surface area contributed by atoms with Gasteiger partial charge in [0.2, 0.25) is 5.95 Å². The molecule has 0 saturated carbocycles. The van der Waals surface area contributed by atoms with Gasteiger partial charge in [0.15, 0.2) is 11.5 Å². The van der Waals surface area contributed by atoms with E-state index < -0.39 is 17.7 Å². The van der Waals surface area contributed by atoms with Crippen LogP contribution in [0, 0.1) is 0 Å². The number of aliphatic hydroxyl groups is 1. The number of para-hydroxylation sites is 2. The van der Waals surface area contributed by atoms with Gasteiger partial charge in [0, 0.05) is 5.56 Å². The first kappa shape index (κ1) is 24.7. The van der Waals surface area contributed by atoms with E-state index in [-0.39, 0.29) is 17.3 Å². The van der Waals surface area contributed by atoms with E-state index in [1.54, 1.807) is 25.3 Å². The van der Waals surface area contributed by atoms with Crippen molar-refractivity contribution in [1.29, 1.82) is 0 Å². The number of benzene rings is 3. The highest BCUT2D eigenvalue weighted by Gasteiger charge is 2.48. The maximum Gasteiger partial charge on any atom is 0.302 e. The number of methoxy groups -OCH3 is 1. The Morgan fingerprint density at radius 3 is 2.59 bits per heavy atom. The average Bonchev–Trinajstić information content (AvgIpc) is 3.50. The van der Waals surface area contributed by atoms with Crippen LogP contribution in [0.1, 0.15) is 48.1 Å². The number of imidazole rings is 1. The summed E-state index contributed by atoms with van der Waals surface area (Å²) in [7, 11) is 1.55. The number of nitrogens with zero attached hydrogens (tertiary/aromatic N) is 2. The van der Waals surface area contributed by atoms with E-state index in [0.717, 1.165) is 36.8 Å². The third kappa shape index (κ3) is 4.22. The van der Waals surface area contributed by atoms with Gasteiger partial charge in [-0.2, -0.15) is 0 Å². The molecule has 4 aromatic rings. The minimum Gasteiger partial charge on any atom is -0.507 e. The molecule has 0 radical (unpaired) electrons. The van der Waals surface area contributed by atoms with Gasteiger partial charge in [0.25, 0.3) is 5.78 Å². The molecule has 39 heavy (non-hydrogen) atoms. The third-order valence-electron chi connectivity index (χ3n) is 7.47. The van der Waals surface area contributed by atoms with Crippen LogP contribution in [0.15, 0.2) is 66.2 Å². The Balaban J connectivity index is 1.55. The lowest BCUT2D eigenvalue weighted by Crippen LogP contribution is -2.30. The fourth-order valence-electron chi connectivity index (χ4n) is 5.59. The maximum absolute atomic E-state index is 13.6. The van der Waals surface area contributed by atoms with Gasteiger partial charge in [-0.1, -0.05) is 30.3 Å². The summed E-state index contributed by atoms with van der Waals surface area (Å²) in [5, 5.41) is 11.6. The predicted molar refractivity (Wildman–Crippen MR) is 148 cm³/mol. The van der Waals surface area contributed by atoms with Crippen molar-refractivity contribution in [2.24, 2.45) is 0 Å². The Morgan fingerprint density at radius 2 is 1.82 bits per heavy atom. The topological polar surface area (TPSA) is 105 Å². The SMILES string of the molecule is CCOc1cc(C2/C(=C(\O)c3ccc4c(c3)CCCC4)C(=O)C(=O)N2c2nc3ccccc3[nH]2)ccc1OC. The fraction of sp³-hybridized carbons (Fsp3) is 0.258. The lowest BCUT2D eigenvalue weighted by Gasteiger charge is -2.24. The fourth-order valence-corrected chi connectivity index (χ4v) is 5.59. The number of aryl methyl sites for hydroxylation is 2. The van der Waals surface area contributed by atoms with Crippen molar-refractivity contribution >= 4 is 34.4 Å². The van der Waals surface area contributed by atoms with Crippen LogP contribution < -0.4 is 14.4 Å². The van der Waals surface area contributed by atoms with Crippen molar-refractivity contribution < 1.29 is 24.2 Å². The molecular formula is C31H29N3O5. The van der Waals surface area contributed by atoms with Crippen molar-refractivity contribution in [2.45, 2.75) is 38.6 Å². The molecule has 1 fully saturated rings. The Kier molecular flexibility index (Phi) is 6.30. The Bertz CT molecular complexity index is 1600. The number of carbonyl (C=O) groups excluding carboxylic acids is 2. The Labute approximate surface area is 225 Å². The standard InChI is InChI=1S/C31H29N3O5/c1-3-39-25-17-20(14-15-24(25)38-2)27-26(28(35)21-13-12-18-8-4-5-9-19(18)16-21)29(36)30(37)34(27)31-32-22-10-6-7-11-23(22)33-31/h6-7,10-17,27,35H,3-5,8-9H2,1-2H3,(H,32,33)/b28-26+. The summed E-state index contributed by atoms with van der Waals surface area (Å²) in [5.74, 6) is -0.532. The molecule has 1 amide bonds. The Hall–Kier alpha value is -4.59. The van der Waals surface area contributed by atoms with Crippen molar-refractivity contribution in [3.63, 3.8) is 0 Å². The van der Waals surface area contributed by atoms with Crippen molar-refractivity contribution in [2.75, 3.05) is 18.6 Å². The number of H-pyrrole nitrogens is 1. The van der Waals surface area contributed by atoms with Gasteiger partial charge in [-0.3, -0.25) is 14.5 Å². The number of Topliss-reactive ketones (excluding diaryl/α,β-unsaturated/α-hetero) is 1. The van der Waals surface area contributed by atoms with E-state index in [1.165, 1.54) is 10.5 Å². The molecule has 0 bridgehead atoms. The van der Waals surface area contributed by atoms with Crippen LogP contribution >= 0.6 is 0 Å². The van der Waals surface area contributed by atoms with Crippen LogP contribution in [-0.2, 0) is 22.4 Å². The van der Waals surface area contributed by atoms with Gasteiger partial charge in [-0.25, -0.2) is 4.98 Å². The zero-order valence-electron chi connectivity index (χ0n) is 21.9. The number of aliphatic hydroxyl groups excluding tert-OH is 1. The molecule has 8 nitrogen and oxygen atoms in total. The lowest BCUT2D eigenvalue weighted by molar-refractivity contribution is -0.132. The van der Waals surface area contributed by atoms with Gasteiger partial charge >= 0.3 is 5.91 Å². The minimum atomic E-state index is -0.938. The number of nitrogens with one attached hydrogen (secondary N) is 1. The molecule has 2 heterocycles. The zero-order valence-corrected chi connectivity index (χ0v) is 21.9. The Morgan fingerprint density at radius 1 is 1.03 bits per heavy atom. The predicted octanol–water partition coefficient (Wildman–Crippen LogP) is 5.48. The van der Waals surface area contributed by atoms with E-state index >= 15 is 0 Å². The van der Waals surface area contributed by atoms with Crippen molar-refractivity contribution in [3.05, 3.63) is 88.5 Å². The summed E-state index contributed by atoms with van der Waals surface area (Å²) in [4.78, 5) is 36.3. The lowest BCUT2D eigenvalue weighted by atomic mass is 9.88. The van der Waals surface area contributed by atoms with Crippen molar-refractivity contribution in [1.82, 2.24) is 9.97 Å². The van der Waals surface area contributed by atoms with Crippen LogP contribution in [0.4, 0.5) is 5.95 Å². The maximum atomic E-state index is 13.6. The molecule has 1 unspecified atom stereocenters. The number of ketones is 1. The molecule has 1 atom stereocenters. The number of hydrogen-bond donors (Lipinski definition) is 2. The first-order chi connectivity index (χ1) is 19.0. The van der Waals surface area contributed by atoms with Crippen molar-refractivity contribution in [3.8, 4) is 11.5 Å². The molecule has 1 saturated heterocycles. The molecule has 0 spiro atoms. The smallest absolute Gasteiger partial charge is 0.302 e. The monoisotopic (exact) mass is 523 g/mol. The summed E-state index contributed by atoms with van der Waals surface area (Å²) in [6.07, 6.45) is 4.14. The molecule has 198 valence electrons. The second-order valence-electron chi connectivity index (χ2n) is 9.78. The number of fused-ring (bicyclic) bond motifs is 2. The summed E-state index contributed by atoms with van der Waals surface area (Å²) in [6.45, 7) is 2.27. The van der Waals surface area contributed by atoms with Crippen LogP contribution in [0.2, 0.25) is 0 Å².